The predicted octanol–water partition coefficient (Wildman–Crippen LogP) is 2.54. The molecule has 1 aromatic rings. The number of alkyl halides is 2. The van der Waals surface area contributed by atoms with Crippen LogP contribution in [0.5, 0.6) is 0 Å². The highest BCUT2D eigenvalue weighted by Gasteiger charge is 2.43. The van der Waals surface area contributed by atoms with Crippen molar-refractivity contribution in [3.8, 4) is 0 Å². The first-order valence-corrected chi connectivity index (χ1v) is 5.39. The molecule has 0 saturated heterocycles. The van der Waals surface area contributed by atoms with Crippen molar-refractivity contribution in [3.63, 3.8) is 0 Å². The van der Waals surface area contributed by atoms with Crippen LogP contribution in [0.3, 0.4) is 0 Å². The Morgan fingerprint density at radius 1 is 1.29 bits per heavy atom. The summed E-state index contributed by atoms with van der Waals surface area (Å²) in [6.07, 6.45) is 1.35. The highest BCUT2D eigenvalue weighted by molar-refractivity contribution is 7.09. The molecule has 14 heavy (non-hydrogen) atoms. The van der Waals surface area contributed by atoms with Crippen molar-refractivity contribution < 1.29 is 13.9 Å². The molecule has 1 heterocycles. The minimum absolute atomic E-state index is 0.127. The van der Waals surface area contributed by atoms with Crippen molar-refractivity contribution in [3.05, 3.63) is 16.6 Å². The molecule has 0 radical (unpaired) electrons. The molecule has 1 aliphatic carbocycles. The van der Waals surface area contributed by atoms with Gasteiger partial charge in [-0.2, -0.15) is 0 Å². The number of hydrogen-bond donors (Lipinski definition) is 1. The Kier molecular flexibility index (Phi) is 2.31. The summed E-state index contributed by atoms with van der Waals surface area (Å²) in [5.74, 6) is -2.60. The van der Waals surface area contributed by atoms with E-state index in [4.69, 9.17) is 0 Å². The van der Waals surface area contributed by atoms with Gasteiger partial charge in [0.1, 0.15) is 5.60 Å². The lowest BCUT2D eigenvalue weighted by Gasteiger charge is -2.34. The van der Waals surface area contributed by atoms with Gasteiger partial charge < -0.3 is 5.11 Å². The molecule has 2 nitrogen and oxygen atoms in total. The number of thiazole rings is 1. The SMILES string of the molecule is OC1(c2cncs2)CCC(F)(F)CC1. The summed E-state index contributed by atoms with van der Waals surface area (Å²) in [4.78, 5) is 4.55. The average Bonchev–Trinajstić information content (AvgIpc) is 2.64. The van der Waals surface area contributed by atoms with Crippen LogP contribution in [0, 0.1) is 0 Å². The molecule has 1 N–H and O–H groups in total. The third kappa shape index (κ3) is 1.79. The Bertz CT molecular complexity index is 303. The van der Waals surface area contributed by atoms with E-state index in [0.717, 1.165) is 0 Å². The minimum atomic E-state index is -2.60. The monoisotopic (exact) mass is 219 g/mol. The molecular formula is C9H11F2NOS. The summed E-state index contributed by atoms with van der Waals surface area (Å²) in [6, 6.07) is 0. The lowest BCUT2D eigenvalue weighted by molar-refractivity contribution is -0.105. The molecule has 1 saturated carbocycles. The standard InChI is InChI=1S/C9H11F2NOS/c10-9(11)3-1-8(13,2-4-9)7-5-12-6-14-7/h5-6,13H,1-4H2. The van der Waals surface area contributed by atoms with Crippen molar-refractivity contribution in [1.82, 2.24) is 4.98 Å². The molecule has 0 atom stereocenters. The highest BCUT2D eigenvalue weighted by atomic mass is 32.1. The molecule has 0 spiro atoms. The smallest absolute Gasteiger partial charge is 0.248 e. The number of rotatable bonds is 1. The molecule has 1 aliphatic rings. The topological polar surface area (TPSA) is 33.1 Å². The lowest BCUT2D eigenvalue weighted by Crippen LogP contribution is -2.35. The molecule has 78 valence electrons. The van der Waals surface area contributed by atoms with Gasteiger partial charge in [-0.15, -0.1) is 11.3 Å². The van der Waals surface area contributed by atoms with E-state index in [1.54, 1.807) is 11.7 Å². The summed E-state index contributed by atoms with van der Waals surface area (Å²) in [6.45, 7) is 0. The zero-order chi connectivity index (χ0) is 10.2. The van der Waals surface area contributed by atoms with Crippen molar-refractivity contribution >= 4 is 11.3 Å². The minimum Gasteiger partial charge on any atom is -0.384 e. The molecule has 1 fully saturated rings. The van der Waals surface area contributed by atoms with Crippen LogP contribution in [0.25, 0.3) is 0 Å². The van der Waals surface area contributed by atoms with Crippen LogP contribution in [-0.2, 0) is 5.60 Å². The maximum atomic E-state index is 12.9. The van der Waals surface area contributed by atoms with Gasteiger partial charge in [0, 0.05) is 19.0 Å². The van der Waals surface area contributed by atoms with Crippen molar-refractivity contribution in [2.75, 3.05) is 0 Å². The van der Waals surface area contributed by atoms with E-state index >= 15 is 0 Å². The molecule has 0 bridgehead atoms. The van der Waals surface area contributed by atoms with Crippen molar-refractivity contribution in [1.29, 1.82) is 0 Å². The van der Waals surface area contributed by atoms with E-state index in [2.05, 4.69) is 4.98 Å². The van der Waals surface area contributed by atoms with Crippen LogP contribution in [0.4, 0.5) is 8.78 Å². The summed E-state index contributed by atoms with van der Waals surface area (Å²) in [7, 11) is 0. The van der Waals surface area contributed by atoms with Crippen LogP contribution in [0.15, 0.2) is 11.7 Å². The lowest BCUT2D eigenvalue weighted by atomic mass is 9.82. The van der Waals surface area contributed by atoms with Crippen LogP contribution < -0.4 is 0 Å². The Hall–Kier alpha value is -0.550. The number of halogens is 2. The second kappa shape index (κ2) is 3.24. The van der Waals surface area contributed by atoms with Gasteiger partial charge in [0.25, 0.3) is 0 Å². The molecule has 0 unspecified atom stereocenters. The van der Waals surface area contributed by atoms with Crippen molar-refractivity contribution in [2.24, 2.45) is 0 Å². The van der Waals surface area contributed by atoms with Gasteiger partial charge in [-0.25, -0.2) is 8.78 Å². The third-order valence-electron chi connectivity index (χ3n) is 2.70. The molecule has 2 rings (SSSR count). The van der Waals surface area contributed by atoms with Gasteiger partial charge in [-0.3, -0.25) is 4.98 Å². The summed E-state index contributed by atoms with van der Waals surface area (Å²) in [5, 5.41) is 10.1. The van der Waals surface area contributed by atoms with Gasteiger partial charge in [0.15, 0.2) is 0 Å². The number of hydrogen-bond acceptors (Lipinski definition) is 3. The van der Waals surface area contributed by atoms with E-state index in [1.165, 1.54) is 11.3 Å². The highest BCUT2D eigenvalue weighted by Crippen LogP contribution is 2.44. The van der Waals surface area contributed by atoms with E-state index in [9.17, 15) is 13.9 Å². The molecular weight excluding hydrogens is 208 g/mol. The maximum absolute atomic E-state index is 12.9. The van der Waals surface area contributed by atoms with Gasteiger partial charge >= 0.3 is 0 Å². The fraction of sp³-hybridized carbons (Fsp3) is 0.667. The first-order valence-electron chi connectivity index (χ1n) is 4.51. The quantitative estimate of drug-likeness (QED) is 0.787. The van der Waals surface area contributed by atoms with E-state index in [-0.39, 0.29) is 25.7 Å². The van der Waals surface area contributed by atoms with Crippen LogP contribution in [0.1, 0.15) is 30.6 Å². The van der Waals surface area contributed by atoms with E-state index in [1.807, 2.05) is 0 Å². The number of nitrogens with zero attached hydrogens (tertiary/aromatic N) is 1. The van der Waals surface area contributed by atoms with E-state index in [0.29, 0.717) is 4.88 Å². The molecule has 0 aliphatic heterocycles. The maximum Gasteiger partial charge on any atom is 0.248 e. The summed E-state index contributed by atoms with van der Waals surface area (Å²) < 4.78 is 25.7. The van der Waals surface area contributed by atoms with Gasteiger partial charge in [-0.05, 0) is 12.8 Å². The summed E-state index contributed by atoms with van der Waals surface area (Å²) >= 11 is 1.32. The fourth-order valence-corrected chi connectivity index (χ4v) is 2.50. The Balaban J connectivity index is 2.13. The van der Waals surface area contributed by atoms with Crippen LogP contribution in [-0.4, -0.2) is 16.0 Å². The van der Waals surface area contributed by atoms with Crippen LogP contribution in [0.2, 0.25) is 0 Å². The second-order valence-electron chi connectivity index (χ2n) is 3.75. The zero-order valence-corrected chi connectivity index (χ0v) is 8.36. The largest absolute Gasteiger partial charge is 0.384 e. The van der Waals surface area contributed by atoms with Gasteiger partial charge in [0.05, 0.1) is 10.4 Å². The third-order valence-corrected chi connectivity index (χ3v) is 3.67. The fourth-order valence-electron chi connectivity index (χ4n) is 1.72. The normalized spacial score (nSPS) is 24.8. The van der Waals surface area contributed by atoms with E-state index < -0.39 is 11.5 Å². The van der Waals surface area contributed by atoms with Crippen molar-refractivity contribution in [2.45, 2.75) is 37.2 Å². The Morgan fingerprint density at radius 2 is 1.93 bits per heavy atom. The molecule has 0 amide bonds. The Morgan fingerprint density at radius 3 is 2.43 bits per heavy atom. The number of aromatic nitrogens is 1. The predicted molar refractivity (Wildman–Crippen MR) is 49.4 cm³/mol. The summed E-state index contributed by atoms with van der Waals surface area (Å²) in [5.41, 5.74) is 0.545. The van der Waals surface area contributed by atoms with Crippen LogP contribution >= 0.6 is 11.3 Å². The first kappa shape index (κ1) is 9.98. The molecule has 0 aromatic carbocycles. The molecule has 1 aromatic heterocycles. The second-order valence-corrected chi connectivity index (χ2v) is 4.64. The Labute approximate surface area is 84.6 Å². The average molecular weight is 219 g/mol. The number of aliphatic hydroxyl groups is 1. The zero-order valence-electron chi connectivity index (χ0n) is 7.54. The van der Waals surface area contributed by atoms with Gasteiger partial charge in [-0.1, -0.05) is 0 Å². The molecule has 5 heteroatoms. The first-order chi connectivity index (χ1) is 6.52. The van der Waals surface area contributed by atoms with Gasteiger partial charge in [0.2, 0.25) is 5.92 Å².